The maximum absolute atomic E-state index is 11.5. The Hall–Kier alpha value is -1.68. The second-order valence-electron chi connectivity index (χ2n) is 3.07. The smallest absolute Gasteiger partial charge is 0.251 e. The highest BCUT2D eigenvalue weighted by atomic mass is 16.1. The van der Waals surface area contributed by atoms with Crippen molar-refractivity contribution in [2.24, 2.45) is 5.73 Å². The molecule has 0 aliphatic heterocycles. The standard InChI is InChI=1S/C11H14N2O2/c1-2-13-11(15)9-5-3-4-8(6-9)10(14)7-12/h3-6H,2,7,12H2,1H3,(H,13,15). The van der Waals surface area contributed by atoms with Gasteiger partial charge < -0.3 is 11.1 Å². The van der Waals surface area contributed by atoms with E-state index in [0.29, 0.717) is 17.7 Å². The fourth-order valence-electron chi connectivity index (χ4n) is 1.21. The summed E-state index contributed by atoms with van der Waals surface area (Å²) < 4.78 is 0. The number of nitrogens with one attached hydrogen (secondary N) is 1. The van der Waals surface area contributed by atoms with Gasteiger partial charge in [0.2, 0.25) is 0 Å². The number of amides is 1. The van der Waals surface area contributed by atoms with E-state index >= 15 is 0 Å². The number of nitrogens with two attached hydrogens (primary N) is 1. The maximum atomic E-state index is 11.5. The van der Waals surface area contributed by atoms with Crippen LogP contribution in [0.25, 0.3) is 0 Å². The van der Waals surface area contributed by atoms with Gasteiger partial charge in [0.15, 0.2) is 5.78 Å². The summed E-state index contributed by atoms with van der Waals surface area (Å²) in [5.74, 6) is -0.342. The molecular formula is C11H14N2O2. The predicted octanol–water partition coefficient (Wildman–Crippen LogP) is 0.578. The van der Waals surface area contributed by atoms with Crippen LogP contribution in [-0.4, -0.2) is 24.8 Å². The third kappa shape index (κ3) is 2.89. The largest absolute Gasteiger partial charge is 0.352 e. The van der Waals surface area contributed by atoms with Crippen molar-refractivity contribution in [3.05, 3.63) is 35.4 Å². The first kappa shape index (κ1) is 11.4. The second-order valence-corrected chi connectivity index (χ2v) is 3.07. The van der Waals surface area contributed by atoms with Crippen LogP contribution in [0, 0.1) is 0 Å². The molecule has 1 amide bonds. The summed E-state index contributed by atoms with van der Waals surface area (Å²) in [6.45, 7) is 2.36. The molecule has 0 aliphatic carbocycles. The molecule has 80 valence electrons. The molecule has 0 fully saturated rings. The van der Waals surface area contributed by atoms with Crippen LogP contribution in [0.15, 0.2) is 24.3 Å². The van der Waals surface area contributed by atoms with E-state index in [1.54, 1.807) is 24.3 Å². The molecular weight excluding hydrogens is 192 g/mol. The zero-order chi connectivity index (χ0) is 11.3. The zero-order valence-corrected chi connectivity index (χ0v) is 8.62. The highest BCUT2D eigenvalue weighted by Gasteiger charge is 2.08. The third-order valence-corrected chi connectivity index (χ3v) is 1.97. The van der Waals surface area contributed by atoms with Gasteiger partial charge in [0.25, 0.3) is 5.91 Å². The van der Waals surface area contributed by atoms with Crippen LogP contribution in [0.1, 0.15) is 27.6 Å². The lowest BCUT2D eigenvalue weighted by molar-refractivity contribution is 0.0956. The van der Waals surface area contributed by atoms with Crippen molar-refractivity contribution in [2.45, 2.75) is 6.92 Å². The molecule has 0 atom stereocenters. The number of hydrogen-bond donors (Lipinski definition) is 2. The van der Waals surface area contributed by atoms with E-state index in [4.69, 9.17) is 5.73 Å². The highest BCUT2D eigenvalue weighted by molar-refractivity contribution is 6.01. The Labute approximate surface area is 88.5 Å². The molecule has 4 heteroatoms. The number of benzene rings is 1. The van der Waals surface area contributed by atoms with Crippen LogP contribution >= 0.6 is 0 Å². The highest BCUT2D eigenvalue weighted by Crippen LogP contribution is 2.05. The quantitative estimate of drug-likeness (QED) is 0.708. The van der Waals surface area contributed by atoms with Crippen molar-refractivity contribution in [3.63, 3.8) is 0 Å². The normalized spacial score (nSPS) is 9.73. The topological polar surface area (TPSA) is 72.2 Å². The first-order valence-corrected chi connectivity index (χ1v) is 4.80. The van der Waals surface area contributed by atoms with Crippen molar-refractivity contribution in [1.82, 2.24) is 5.32 Å². The van der Waals surface area contributed by atoms with Crippen molar-refractivity contribution in [1.29, 1.82) is 0 Å². The molecule has 0 aromatic heterocycles. The molecule has 1 rings (SSSR count). The van der Waals surface area contributed by atoms with Crippen LogP contribution in [-0.2, 0) is 0 Å². The Morgan fingerprint density at radius 2 is 2.00 bits per heavy atom. The fourth-order valence-corrected chi connectivity index (χ4v) is 1.21. The summed E-state index contributed by atoms with van der Waals surface area (Å²) >= 11 is 0. The molecule has 0 aliphatic rings. The van der Waals surface area contributed by atoms with E-state index in [-0.39, 0.29) is 18.2 Å². The summed E-state index contributed by atoms with van der Waals surface area (Å²) in [6.07, 6.45) is 0. The molecule has 1 aromatic carbocycles. The number of hydrogen-bond acceptors (Lipinski definition) is 3. The number of carbonyl (C=O) groups is 2. The first-order valence-electron chi connectivity index (χ1n) is 4.80. The van der Waals surface area contributed by atoms with E-state index in [1.165, 1.54) is 0 Å². The molecule has 0 saturated heterocycles. The van der Waals surface area contributed by atoms with Gasteiger partial charge in [-0.05, 0) is 19.1 Å². The fraction of sp³-hybridized carbons (Fsp3) is 0.273. The number of ketones is 1. The van der Waals surface area contributed by atoms with Gasteiger partial charge in [0, 0.05) is 17.7 Å². The molecule has 0 radical (unpaired) electrons. The molecule has 0 saturated carbocycles. The first-order chi connectivity index (χ1) is 7.19. The van der Waals surface area contributed by atoms with Gasteiger partial charge in [-0.15, -0.1) is 0 Å². The summed E-state index contributed by atoms with van der Waals surface area (Å²) in [4.78, 5) is 22.7. The van der Waals surface area contributed by atoms with Gasteiger partial charge in [-0.2, -0.15) is 0 Å². The number of rotatable bonds is 4. The Bertz CT molecular complexity index is 375. The lowest BCUT2D eigenvalue weighted by atomic mass is 10.1. The van der Waals surface area contributed by atoms with Crippen molar-refractivity contribution in [3.8, 4) is 0 Å². The molecule has 0 heterocycles. The Morgan fingerprint density at radius 3 is 2.60 bits per heavy atom. The second kappa shape index (κ2) is 5.26. The summed E-state index contributed by atoms with van der Waals surface area (Å²) in [6, 6.07) is 6.55. The minimum atomic E-state index is -0.177. The zero-order valence-electron chi connectivity index (χ0n) is 8.62. The van der Waals surface area contributed by atoms with Gasteiger partial charge in [0.05, 0.1) is 6.54 Å². The monoisotopic (exact) mass is 206 g/mol. The Morgan fingerprint density at radius 1 is 1.33 bits per heavy atom. The molecule has 3 N–H and O–H groups in total. The third-order valence-electron chi connectivity index (χ3n) is 1.97. The average Bonchev–Trinajstić information content (AvgIpc) is 2.28. The molecule has 4 nitrogen and oxygen atoms in total. The van der Waals surface area contributed by atoms with E-state index < -0.39 is 0 Å². The van der Waals surface area contributed by atoms with Crippen molar-refractivity contribution in [2.75, 3.05) is 13.1 Å². The minimum absolute atomic E-state index is 0.0428. The van der Waals surface area contributed by atoms with Crippen LogP contribution in [0.3, 0.4) is 0 Å². The van der Waals surface area contributed by atoms with Gasteiger partial charge in [0.1, 0.15) is 0 Å². The predicted molar refractivity (Wildman–Crippen MR) is 57.8 cm³/mol. The van der Waals surface area contributed by atoms with Gasteiger partial charge in [-0.25, -0.2) is 0 Å². The van der Waals surface area contributed by atoms with Crippen molar-refractivity contribution < 1.29 is 9.59 Å². The maximum Gasteiger partial charge on any atom is 0.251 e. The summed E-state index contributed by atoms with van der Waals surface area (Å²) in [5, 5.41) is 2.66. The van der Waals surface area contributed by atoms with E-state index in [1.807, 2.05) is 6.92 Å². The molecule has 0 bridgehead atoms. The van der Waals surface area contributed by atoms with Gasteiger partial charge in [-0.3, -0.25) is 9.59 Å². The number of Topliss-reactive ketones (excluding diaryl/α,β-unsaturated/α-hetero) is 1. The Balaban J connectivity index is 2.92. The number of carbonyl (C=O) groups excluding carboxylic acids is 2. The van der Waals surface area contributed by atoms with Crippen LogP contribution in [0.5, 0.6) is 0 Å². The van der Waals surface area contributed by atoms with Crippen LogP contribution in [0.2, 0.25) is 0 Å². The summed E-state index contributed by atoms with van der Waals surface area (Å²) in [5.41, 5.74) is 6.19. The molecule has 1 aromatic rings. The van der Waals surface area contributed by atoms with E-state index in [0.717, 1.165) is 0 Å². The van der Waals surface area contributed by atoms with Gasteiger partial charge >= 0.3 is 0 Å². The van der Waals surface area contributed by atoms with Crippen LogP contribution < -0.4 is 11.1 Å². The molecule has 15 heavy (non-hydrogen) atoms. The average molecular weight is 206 g/mol. The lowest BCUT2D eigenvalue weighted by Gasteiger charge is -2.03. The van der Waals surface area contributed by atoms with Gasteiger partial charge in [-0.1, -0.05) is 12.1 Å². The van der Waals surface area contributed by atoms with Crippen LogP contribution in [0.4, 0.5) is 0 Å². The molecule has 0 spiro atoms. The SMILES string of the molecule is CCNC(=O)c1cccc(C(=O)CN)c1. The van der Waals surface area contributed by atoms with E-state index in [2.05, 4.69) is 5.32 Å². The summed E-state index contributed by atoms with van der Waals surface area (Å²) in [7, 11) is 0. The minimum Gasteiger partial charge on any atom is -0.352 e. The van der Waals surface area contributed by atoms with Crippen molar-refractivity contribution >= 4 is 11.7 Å². The molecule has 0 unspecified atom stereocenters. The van der Waals surface area contributed by atoms with E-state index in [9.17, 15) is 9.59 Å². The lowest BCUT2D eigenvalue weighted by Crippen LogP contribution is -2.23. The Kier molecular flexibility index (Phi) is 4.00.